The fourth-order valence-electron chi connectivity index (χ4n) is 3.28. The van der Waals surface area contributed by atoms with Crippen molar-refractivity contribution in [2.75, 3.05) is 12.4 Å². The first-order valence-corrected chi connectivity index (χ1v) is 8.09. The van der Waals surface area contributed by atoms with Crippen molar-refractivity contribution in [2.24, 2.45) is 5.92 Å². The summed E-state index contributed by atoms with van der Waals surface area (Å²) in [5.74, 6) is -0.281. The standard InChI is InChI=1S/C19H21N3O2/c1-13-10-15(12-20-11-13)21-19(24)16-8-9-17(23)22(2)18(16)14-6-4-3-5-7-14/h3-7,10-12,16,18H,8-9H2,1-2H3,(H,21,24). The minimum Gasteiger partial charge on any atom is -0.338 e. The highest BCUT2D eigenvalue weighted by Crippen LogP contribution is 2.36. The van der Waals surface area contributed by atoms with Crippen molar-refractivity contribution in [1.29, 1.82) is 0 Å². The Balaban J connectivity index is 1.86. The Hall–Kier alpha value is -2.69. The van der Waals surface area contributed by atoms with Gasteiger partial charge in [-0.15, -0.1) is 0 Å². The Kier molecular flexibility index (Phi) is 4.60. The quantitative estimate of drug-likeness (QED) is 0.944. The van der Waals surface area contributed by atoms with Crippen LogP contribution in [-0.4, -0.2) is 28.7 Å². The van der Waals surface area contributed by atoms with Crippen LogP contribution in [0, 0.1) is 12.8 Å². The van der Waals surface area contributed by atoms with E-state index in [0.717, 1.165) is 11.1 Å². The second-order valence-electron chi connectivity index (χ2n) is 6.25. The molecular weight excluding hydrogens is 302 g/mol. The van der Waals surface area contributed by atoms with E-state index in [-0.39, 0.29) is 23.8 Å². The molecule has 1 fully saturated rings. The molecule has 2 heterocycles. The molecule has 1 aliphatic rings. The number of benzene rings is 1. The van der Waals surface area contributed by atoms with Crippen LogP contribution in [0.1, 0.15) is 30.0 Å². The van der Waals surface area contributed by atoms with Gasteiger partial charge in [-0.25, -0.2) is 0 Å². The second-order valence-corrected chi connectivity index (χ2v) is 6.25. The van der Waals surface area contributed by atoms with Gasteiger partial charge in [0.05, 0.1) is 23.8 Å². The van der Waals surface area contributed by atoms with Gasteiger partial charge in [0, 0.05) is 19.7 Å². The highest BCUT2D eigenvalue weighted by Gasteiger charge is 2.38. The van der Waals surface area contributed by atoms with E-state index in [9.17, 15) is 9.59 Å². The molecule has 2 aromatic rings. The molecule has 1 saturated heterocycles. The molecule has 0 aliphatic carbocycles. The average molecular weight is 323 g/mol. The van der Waals surface area contributed by atoms with E-state index in [0.29, 0.717) is 18.5 Å². The van der Waals surface area contributed by atoms with Crippen LogP contribution in [0.25, 0.3) is 0 Å². The number of hydrogen-bond acceptors (Lipinski definition) is 3. The summed E-state index contributed by atoms with van der Waals surface area (Å²) >= 11 is 0. The normalized spacial score (nSPS) is 20.8. The van der Waals surface area contributed by atoms with Crippen molar-refractivity contribution in [1.82, 2.24) is 9.88 Å². The lowest BCUT2D eigenvalue weighted by atomic mass is 9.84. The van der Waals surface area contributed by atoms with Gasteiger partial charge in [-0.1, -0.05) is 30.3 Å². The molecular formula is C19H21N3O2. The molecule has 3 rings (SSSR count). The monoisotopic (exact) mass is 323 g/mol. The summed E-state index contributed by atoms with van der Waals surface area (Å²) in [5.41, 5.74) is 2.66. The zero-order chi connectivity index (χ0) is 17.1. The fourth-order valence-corrected chi connectivity index (χ4v) is 3.28. The third kappa shape index (κ3) is 3.30. The summed E-state index contributed by atoms with van der Waals surface area (Å²) < 4.78 is 0. The highest BCUT2D eigenvalue weighted by molar-refractivity contribution is 5.94. The van der Waals surface area contributed by atoms with Crippen molar-refractivity contribution >= 4 is 17.5 Å². The number of aryl methyl sites for hydroxylation is 1. The van der Waals surface area contributed by atoms with E-state index >= 15 is 0 Å². The van der Waals surface area contributed by atoms with Crippen molar-refractivity contribution < 1.29 is 9.59 Å². The first kappa shape index (κ1) is 16.2. The van der Waals surface area contributed by atoms with Crippen LogP contribution < -0.4 is 5.32 Å². The maximum atomic E-state index is 12.8. The summed E-state index contributed by atoms with van der Waals surface area (Å²) in [6.45, 7) is 1.93. The number of anilines is 1. The maximum absolute atomic E-state index is 12.8. The maximum Gasteiger partial charge on any atom is 0.229 e. The van der Waals surface area contributed by atoms with Crippen LogP contribution in [0.4, 0.5) is 5.69 Å². The number of carbonyl (C=O) groups is 2. The van der Waals surface area contributed by atoms with Crippen LogP contribution in [0.5, 0.6) is 0 Å². The fraction of sp³-hybridized carbons (Fsp3) is 0.316. The van der Waals surface area contributed by atoms with Gasteiger partial charge in [0.1, 0.15) is 0 Å². The van der Waals surface area contributed by atoms with Gasteiger partial charge in [0.25, 0.3) is 0 Å². The first-order valence-electron chi connectivity index (χ1n) is 8.09. The topological polar surface area (TPSA) is 62.3 Å². The SMILES string of the molecule is Cc1cncc(NC(=O)C2CCC(=O)N(C)C2c2ccccc2)c1. The van der Waals surface area contributed by atoms with Crippen LogP contribution in [0.2, 0.25) is 0 Å². The Labute approximate surface area is 141 Å². The van der Waals surface area contributed by atoms with Gasteiger partial charge in [-0.05, 0) is 30.5 Å². The highest BCUT2D eigenvalue weighted by atomic mass is 16.2. The molecule has 0 spiro atoms. The molecule has 2 atom stereocenters. The number of piperidine rings is 1. The van der Waals surface area contributed by atoms with E-state index in [1.165, 1.54) is 0 Å². The van der Waals surface area contributed by atoms with Crippen molar-refractivity contribution in [2.45, 2.75) is 25.8 Å². The number of hydrogen-bond donors (Lipinski definition) is 1. The van der Waals surface area contributed by atoms with Crippen LogP contribution in [0.15, 0.2) is 48.8 Å². The van der Waals surface area contributed by atoms with Gasteiger partial charge in [0.2, 0.25) is 11.8 Å². The zero-order valence-corrected chi connectivity index (χ0v) is 13.9. The number of aromatic nitrogens is 1. The summed E-state index contributed by atoms with van der Waals surface area (Å²) in [6, 6.07) is 11.4. The van der Waals surface area contributed by atoms with E-state index in [1.807, 2.05) is 43.3 Å². The molecule has 0 bridgehead atoms. The lowest BCUT2D eigenvalue weighted by molar-refractivity contribution is -0.140. The lowest BCUT2D eigenvalue weighted by Crippen LogP contribution is -2.44. The molecule has 5 nitrogen and oxygen atoms in total. The van der Waals surface area contributed by atoms with Gasteiger partial charge in [-0.2, -0.15) is 0 Å². The van der Waals surface area contributed by atoms with Crippen molar-refractivity contribution in [3.63, 3.8) is 0 Å². The van der Waals surface area contributed by atoms with E-state index in [1.54, 1.807) is 24.3 Å². The average Bonchev–Trinajstić information content (AvgIpc) is 2.58. The number of nitrogens with zero attached hydrogens (tertiary/aromatic N) is 2. The van der Waals surface area contributed by atoms with Crippen LogP contribution in [0.3, 0.4) is 0 Å². The van der Waals surface area contributed by atoms with Gasteiger partial charge in [0.15, 0.2) is 0 Å². The van der Waals surface area contributed by atoms with Gasteiger partial charge >= 0.3 is 0 Å². The largest absolute Gasteiger partial charge is 0.338 e. The predicted octanol–water partition coefficient (Wildman–Crippen LogP) is 2.94. The number of pyridine rings is 1. The molecule has 2 amide bonds. The number of amides is 2. The molecule has 2 unspecified atom stereocenters. The number of nitrogens with one attached hydrogen (secondary N) is 1. The van der Waals surface area contributed by atoms with E-state index in [2.05, 4.69) is 10.3 Å². The number of likely N-dealkylation sites (tertiary alicyclic amines) is 1. The molecule has 0 saturated carbocycles. The molecule has 5 heteroatoms. The second kappa shape index (κ2) is 6.83. The molecule has 1 aromatic carbocycles. The third-order valence-electron chi connectivity index (χ3n) is 4.48. The van der Waals surface area contributed by atoms with Crippen molar-refractivity contribution in [3.8, 4) is 0 Å². The number of carbonyl (C=O) groups excluding carboxylic acids is 2. The van der Waals surface area contributed by atoms with Gasteiger partial charge in [-0.3, -0.25) is 14.6 Å². The summed E-state index contributed by atoms with van der Waals surface area (Å²) in [6.07, 6.45) is 4.33. The Bertz CT molecular complexity index is 745. The Morgan fingerprint density at radius 1 is 1.25 bits per heavy atom. The molecule has 0 radical (unpaired) electrons. The molecule has 1 aromatic heterocycles. The van der Waals surface area contributed by atoms with Crippen LogP contribution in [-0.2, 0) is 9.59 Å². The molecule has 124 valence electrons. The smallest absolute Gasteiger partial charge is 0.229 e. The van der Waals surface area contributed by atoms with E-state index in [4.69, 9.17) is 0 Å². The Morgan fingerprint density at radius 3 is 2.71 bits per heavy atom. The predicted molar refractivity (Wildman–Crippen MR) is 92.3 cm³/mol. The molecule has 1 N–H and O–H groups in total. The summed E-state index contributed by atoms with van der Waals surface area (Å²) in [5, 5.41) is 2.95. The van der Waals surface area contributed by atoms with E-state index < -0.39 is 0 Å². The zero-order valence-electron chi connectivity index (χ0n) is 13.9. The minimum atomic E-state index is -0.282. The number of rotatable bonds is 3. The minimum absolute atomic E-state index is 0.0735. The lowest BCUT2D eigenvalue weighted by Gasteiger charge is -2.38. The van der Waals surface area contributed by atoms with Gasteiger partial charge < -0.3 is 10.2 Å². The Morgan fingerprint density at radius 2 is 2.00 bits per heavy atom. The third-order valence-corrected chi connectivity index (χ3v) is 4.48. The summed E-state index contributed by atoms with van der Waals surface area (Å²) in [4.78, 5) is 30.8. The molecule has 1 aliphatic heterocycles. The summed E-state index contributed by atoms with van der Waals surface area (Å²) in [7, 11) is 1.77. The van der Waals surface area contributed by atoms with Crippen molar-refractivity contribution in [3.05, 3.63) is 59.9 Å². The first-order chi connectivity index (χ1) is 11.6. The van der Waals surface area contributed by atoms with Crippen LogP contribution >= 0.6 is 0 Å². The molecule has 24 heavy (non-hydrogen) atoms.